The van der Waals surface area contributed by atoms with Gasteiger partial charge in [-0.15, -0.1) is 0 Å². The van der Waals surface area contributed by atoms with Crippen LogP contribution in [0.1, 0.15) is 29.4 Å². The minimum Gasteiger partial charge on any atom is -0.258 e. The van der Waals surface area contributed by atoms with Crippen LogP contribution in [0.2, 0.25) is 0 Å². The van der Waals surface area contributed by atoms with E-state index >= 15 is 0 Å². The van der Waals surface area contributed by atoms with E-state index in [0.29, 0.717) is 0 Å². The largest absolute Gasteiger partial charge is 0.258 e. The van der Waals surface area contributed by atoms with Crippen LogP contribution in [0.25, 0.3) is 5.57 Å². The lowest BCUT2D eigenvalue weighted by Gasteiger charge is -2.07. The summed E-state index contributed by atoms with van der Waals surface area (Å²) < 4.78 is 0. The summed E-state index contributed by atoms with van der Waals surface area (Å²) in [6, 6.07) is 2.15. The number of hydrogen-bond donors (Lipinski definition) is 0. The molecule has 0 saturated heterocycles. The highest BCUT2D eigenvalue weighted by Crippen LogP contribution is 2.17. The first-order chi connectivity index (χ1) is 5.52. The van der Waals surface area contributed by atoms with Crippen molar-refractivity contribution >= 4 is 5.57 Å². The van der Waals surface area contributed by atoms with Crippen molar-refractivity contribution in [2.75, 3.05) is 0 Å². The third kappa shape index (κ3) is 1.55. The molecule has 0 radical (unpaired) electrons. The summed E-state index contributed by atoms with van der Waals surface area (Å²) >= 11 is 0. The maximum absolute atomic E-state index is 4.43. The first-order valence-corrected chi connectivity index (χ1v) is 4.13. The fraction of sp³-hybridized carbons (Fsp3) is 0.364. The molecule has 0 aliphatic carbocycles. The van der Waals surface area contributed by atoms with Crippen LogP contribution in [-0.2, 0) is 0 Å². The first-order valence-electron chi connectivity index (χ1n) is 4.13. The van der Waals surface area contributed by atoms with Gasteiger partial charge in [-0.25, -0.2) is 0 Å². The van der Waals surface area contributed by atoms with Crippen molar-refractivity contribution in [3.63, 3.8) is 0 Å². The third-order valence-corrected chi connectivity index (χ3v) is 2.12. The Balaban J connectivity index is 3.33. The Hall–Kier alpha value is -1.11. The van der Waals surface area contributed by atoms with Crippen molar-refractivity contribution < 1.29 is 0 Å². The molecule has 0 atom stereocenters. The molecule has 1 nitrogen and oxygen atoms in total. The quantitative estimate of drug-likeness (QED) is 0.617. The summed E-state index contributed by atoms with van der Waals surface area (Å²) in [5, 5.41) is 0. The summed E-state index contributed by atoms with van der Waals surface area (Å²) in [6.45, 7) is 12.1. The first kappa shape index (κ1) is 8.98. The summed E-state index contributed by atoms with van der Waals surface area (Å²) in [4.78, 5) is 4.43. The number of aromatic nitrogens is 1. The van der Waals surface area contributed by atoms with E-state index in [1.807, 2.05) is 20.8 Å². The topological polar surface area (TPSA) is 12.9 Å². The highest BCUT2D eigenvalue weighted by molar-refractivity contribution is 5.63. The monoisotopic (exact) mass is 161 g/mol. The fourth-order valence-corrected chi connectivity index (χ4v) is 1.26. The molecule has 1 aromatic heterocycles. The van der Waals surface area contributed by atoms with Gasteiger partial charge in [0.2, 0.25) is 0 Å². The van der Waals surface area contributed by atoms with Crippen molar-refractivity contribution in [3.8, 4) is 0 Å². The van der Waals surface area contributed by atoms with E-state index in [9.17, 15) is 0 Å². The molecular weight excluding hydrogens is 146 g/mol. The standard InChI is InChI=1S/C11H15N/c1-7(2)11-6-8(3)9(4)12-10(11)5/h6H,1H2,2-5H3. The van der Waals surface area contributed by atoms with Gasteiger partial charge in [-0.05, 0) is 50.5 Å². The Morgan fingerprint density at radius 3 is 2.33 bits per heavy atom. The van der Waals surface area contributed by atoms with Gasteiger partial charge >= 0.3 is 0 Å². The van der Waals surface area contributed by atoms with E-state index in [-0.39, 0.29) is 0 Å². The van der Waals surface area contributed by atoms with Crippen molar-refractivity contribution in [2.45, 2.75) is 27.7 Å². The Morgan fingerprint density at radius 1 is 1.25 bits per heavy atom. The summed E-state index contributed by atoms with van der Waals surface area (Å²) in [7, 11) is 0. The molecule has 0 unspecified atom stereocenters. The molecule has 0 saturated carbocycles. The van der Waals surface area contributed by atoms with Gasteiger partial charge in [-0.3, -0.25) is 4.98 Å². The molecule has 0 aromatic carbocycles. The van der Waals surface area contributed by atoms with Crippen LogP contribution in [0.4, 0.5) is 0 Å². The van der Waals surface area contributed by atoms with Crippen molar-refractivity contribution in [1.82, 2.24) is 4.98 Å². The van der Waals surface area contributed by atoms with Gasteiger partial charge in [-0.2, -0.15) is 0 Å². The number of rotatable bonds is 1. The average Bonchev–Trinajstić information content (AvgIpc) is 1.96. The van der Waals surface area contributed by atoms with Crippen LogP contribution in [-0.4, -0.2) is 4.98 Å². The van der Waals surface area contributed by atoms with Gasteiger partial charge in [0.1, 0.15) is 0 Å². The molecule has 0 aliphatic heterocycles. The smallest absolute Gasteiger partial charge is 0.0450 e. The van der Waals surface area contributed by atoms with E-state index in [2.05, 4.69) is 24.6 Å². The SMILES string of the molecule is C=C(C)c1cc(C)c(C)nc1C. The summed E-state index contributed by atoms with van der Waals surface area (Å²) in [5.74, 6) is 0. The molecule has 0 spiro atoms. The third-order valence-electron chi connectivity index (χ3n) is 2.12. The lowest BCUT2D eigenvalue weighted by Crippen LogP contribution is -1.95. The zero-order valence-electron chi connectivity index (χ0n) is 8.23. The molecule has 64 valence electrons. The number of allylic oxidation sites excluding steroid dienone is 1. The van der Waals surface area contributed by atoms with E-state index in [4.69, 9.17) is 0 Å². The highest BCUT2D eigenvalue weighted by Gasteiger charge is 2.02. The van der Waals surface area contributed by atoms with Crippen molar-refractivity contribution in [2.24, 2.45) is 0 Å². The molecule has 1 aromatic rings. The van der Waals surface area contributed by atoms with Gasteiger partial charge in [0, 0.05) is 11.4 Å². The molecule has 0 bridgehead atoms. The molecule has 0 N–H and O–H groups in total. The highest BCUT2D eigenvalue weighted by atomic mass is 14.7. The maximum atomic E-state index is 4.43. The molecule has 0 amide bonds. The summed E-state index contributed by atoms with van der Waals surface area (Å²) in [6.07, 6.45) is 0. The second-order valence-corrected chi connectivity index (χ2v) is 3.30. The van der Waals surface area contributed by atoms with E-state index in [0.717, 1.165) is 17.0 Å². The Labute approximate surface area is 74.2 Å². The van der Waals surface area contributed by atoms with Crippen molar-refractivity contribution in [1.29, 1.82) is 0 Å². The predicted octanol–water partition coefficient (Wildman–Crippen LogP) is 3.04. The fourth-order valence-electron chi connectivity index (χ4n) is 1.26. The van der Waals surface area contributed by atoms with E-state index < -0.39 is 0 Å². The minimum atomic E-state index is 1.07. The van der Waals surface area contributed by atoms with Gasteiger partial charge in [0.25, 0.3) is 0 Å². The van der Waals surface area contributed by atoms with Crippen LogP contribution in [0.15, 0.2) is 12.6 Å². The molecule has 1 heterocycles. The molecule has 1 heteroatoms. The van der Waals surface area contributed by atoms with E-state index in [1.54, 1.807) is 0 Å². The molecule has 0 fully saturated rings. The lowest BCUT2D eigenvalue weighted by atomic mass is 10.0. The zero-order chi connectivity index (χ0) is 9.30. The van der Waals surface area contributed by atoms with E-state index in [1.165, 1.54) is 11.1 Å². The second kappa shape index (κ2) is 3.10. The van der Waals surface area contributed by atoms with Crippen LogP contribution in [0, 0.1) is 20.8 Å². The lowest BCUT2D eigenvalue weighted by molar-refractivity contribution is 1.08. The zero-order valence-corrected chi connectivity index (χ0v) is 8.23. The Kier molecular flexibility index (Phi) is 2.32. The van der Waals surface area contributed by atoms with Gasteiger partial charge < -0.3 is 0 Å². The Morgan fingerprint density at radius 2 is 1.83 bits per heavy atom. The molecular formula is C11H15N. The maximum Gasteiger partial charge on any atom is 0.0450 e. The minimum absolute atomic E-state index is 1.07. The number of nitrogens with zero attached hydrogens (tertiary/aromatic N) is 1. The number of hydrogen-bond acceptors (Lipinski definition) is 1. The van der Waals surface area contributed by atoms with Gasteiger partial charge in [0.15, 0.2) is 0 Å². The van der Waals surface area contributed by atoms with Gasteiger partial charge in [-0.1, -0.05) is 6.58 Å². The van der Waals surface area contributed by atoms with Crippen LogP contribution < -0.4 is 0 Å². The second-order valence-electron chi connectivity index (χ2n) is 3.30. The number of pyridine rings is 1. The normalized spacial score (nSPS) is 10.0. The van der Waals surface area contributed by atoms with Crippen LogP contribution in [0.5, 0.6) is 0 Å². The molecule has 1 rings (SSSR count). The number of aryl methyl sites for hydroxylation is 3. The Bertz CT molecular complexity index is 324. The van der Waals surface area contributed by atoms with Gasteiger partial charge in [0.05, 0.1) is 0 Å². The van der Waals surface area contributed by atoms with Crippen molar-refractivity contribution in [3.05, 3.63) is 35.2 Å². The van der Waals surface area contributed by atoms with Crippen LogP contribution >= 0.6 is 0 Å². The molecule has 0 aliphatic rings. The average molecular weight is 161 g/mol. The molecule has 12 heavy (non-hydrogen) atoms. The predicted molar refractivity (Wildman–Crippen MR) is 53.2 cm³/mol. The summed E-state index contributed by atoms with van der Waals surface area (Å²) in [5.41, 5.74) is 5.68. The van der Waals surface area contributed by atoms with Crippen LogP contribution in [0.3, 0.4) is 0 Å².